The monoisotopic (exact) mass is 536 g/mol. The minimum Gasteiger partial charge on any atom is -0.503 e. The van der Waals surface area contributed by atoms with E-state index in [-0.39, 0.29) is 53.3 Å². The Hall–Kier alpha value is -3.99. The first-order chi connectivity index (χ1) is 18.5. The summed E-state index contributed by atoms with van der Waals surface area (Å²) in [6.45, 7) is 19.2. The second-order valence-corrected chi connectivity index (χ2v) is 9.64. The van der Waals surface area contributed by atoms with Crippen LogP contribution in [0.2, 0.25) is 0 Å². The molecule has 0 unspecified atom stereocenters. The van der Waals surface area contributed by atoms with E-state index in [4.69, 9.17) is 16.0 Å². The third kappa shape index (κ3) is 7.53. The molecule has 2 amide bonds. The van der Waals surface area contributed by atoms with E-state index in [2.05, 4.69) is 4.85 Å². The van der Waals surface area contributed by atoms with Crippen molar-refractivity contribution in [1.29, 1.82) is 5.26 Å². The first-order valence-electron chi connectivity index (χ1n) is 12.9. The van der Waals surface area contributed by atoms with Gasteiger partial charge in [0.2, 0.25) is 5.69 Å². The molecule has 0 fully saturated rings. The molecular weight excluding hydrogens is 500 g/mol. The fourth-order valence-electron chi connectivity index (χ4n) is 4.05. The fourth-order valence-corrected chi connectivity index (χ4v) is 4.05. The molecule has 0 bridgehead atoms. The van der Waals surface area contributed by atoms with Gasteiger partial charge in [0.1, 0.15) is 11.6 Å². The van der Waals surface area contributed by atoms with Crippen LogP contribution in [0.1, 0.15) is 58.6 Å². The highest BCUT2D eigenvalue weighted by Crippen LogP contribution is 2.31. The van der Waals surface area contributed by atoms with Crippen LogP contribution < -0.4 is 5.56 Å². The van der Waals surface area contributed by atoms with Gasteiger partial charge in [-0.3, -0.25) is 23.9 Å². The van der Waals surface area contributed by atoms with Crippen LogP contribution in [0.25, 0.3) is 10.9 Å². The van der Waals surface area contributed by atoms with Gasteiger partial charge in [-0.1, -0.05) is 12.2 Å². The third-order valence-electron chi connectivity index (χ3n) is 6.12. The average Bonchev–Trinajstić information content (AvgIpc) is 2.87. The van der Waals surface area contributed by atoms with Gasteiger partial charge in [0.05, 0.1) is 18.8 Å². The number of rotatable bonds is 12. The molecule has 0 saturated heterocycles. The molecule has 1 N–H and O–H groups in total. The van der Waals surface area contributed by atoms with Crippen molar-refractivity contribution < 1.29 is 24.2 Å². The largest absolute Gasteiger partial charge is 0.503 e. The smallest absolute Gasteiger partial charge is 0.271 e. The molecule has 2 heterocycles. The van der Waals surface area contributed by atoms with Crippen molar-refractivity contribution >= 4 is 23.6 Å². The van der Waals surface area contributed by atoms with Crippen LogP contribution in [-0.2, 0) is 25.6 Å². The van der Waals surface area contributed by atoms with Gasteiger partial charge in [-0.05, 0) is 71.6 Å². The van der Waals surface area contributed by atoms with Gasteiger partial charge in [0, 0.05) is 37.4 Å². The highest BCUT2D eigenvalue weighted by atomic mass is 16.5. The van der Waals surface area contributed by atoms with Crippen LogP contribution in [-0.4, -0.2) is 58.4 Å². The normalized spacial score (nSPS) is 15.2. The van der Waals surface area contributed by atoms with Crippen LogP contribution in [0.3, 0.4) is 0 Å². The number of ether oxygens (including phenoxy) is 2. The fraction of sp³-hybridized carbons (Fsp3) is 0.483. The summed E-state index contributed by atoms with van der Waals surface area (Å²) in [6, 6.07) is 1.89. The first-order valence-corrected chi connectivity index (χ1v) is 12.9. The van der Waals surface area contributed by atoms with E-state index in [1.165, 1.54) is 25.2 Å². The molecule has 0 radical (unpaired) electrons. The summed E-state index contributed by atoms with van der Waals surface area (Å²) < 4.78 is 12.1. The van der Waals surface area contributed by atoms with Crippen LogP contribution in [0.4, 0.5) is 5.69 Å². The second-order valence-electron chi connectivity index (χ2n) is 9.64. The molecule has 0 aromatic carbocycles. The van der Waals surface area contributed by atoms with Gasteiger partial charge in [0.15, 0.2) is 5.88 Å². The maximum atomic E-state index is 13.2. The summed E-state index contributed by atoms with van der Waals surface area (Å²) in [5.41, 5.74) is 0.241. The number of nitriles is 1. The Morgan fingerprint density at radius 1 is 1.03 bits per heavy atom. The molecule has 1 aliphatic rings. The van der Waals surface area contributed by atoms with Crippen molar-refractivity contribution in [2.75, 3.05) is 19.8 Å². The standard InChI is InChI=1S/C29H36N4O6/c1-18(2)38-15-9-13-32-26(34)22(20(5)24(17-30)28(32)36)11-8-12-23-21(6)25(31-7)29(37)33(27(23)35)14-10-16-39-19(3)4/h8,11-12,18-19,37H,9-10,13-16H2,1-6H3. The molecule has 10 heteroatoms. The summed E-state index contributed by atoms with van der Waals surface area (Å²) in [5.74, 6) is -1.59. The zero-order chi connectivity index (χ0) is 29.3. The van der Waals surface area contributed by atoms with Gasteiger partial charge < -0.3 is 14.6 Å². The molecule has 0 saturated carbocycles. The SMILES string of the molecule is [C-]#[N+]c1c(C)c(C=CC=C2C(=O)N(CCCOC(C)C)C(=O)C(C#N)=C2C)c(=O)n(CCCOC(C)C)c1O. The van der Waals surface area contributed by atoms with E-state index >= 15 is 0 Å². The molecule has 0 spiro atoms. The van der Waals surface area contributed by atoms with Crippen molar-refractivity contribution in [2.24, 2.45) is 0 Å². The Labute approximate surface area is 229 Å². The number of hydrogen-bond donors (Lipinski definition) is 1. The van der Waals surface area contributed by atoms with Crippen molar-refractivity contribution in [3.8, 4) is 11.9 Å². The highest BCUT2D eigenvalue weighted by Gasteiger charge is 2.34. The maximum Gasteiger partial charge on any atom is 0.271 e. The topological polar surface area (TPSA) is 126 Å². The lowest BCUT2D eigenvalue weighted by atomic mass is 9.94. The summed E-state index contributed by atoms with van der Waals surface area (Å²) in [6.07, 6.45) is 5.31. The van der Waals surface area contributed by atoms with Gasteiger partial charge >= 0.3 is 0 Å². The van der Waals surface area contributed by atoms with Gasteiger partial charge in [0.25, 0.3) is 17.4 Å². The van der Waals surface area contributed by atoms with E-state index in [0.29, 0.717) is 31.6 Å². The molecule has 0 atom stereocenters. The molecule has 39 heavy (non-hydrogen) atoms. The lowest BCUT2D eigenvalue weighted by molar-refractivity contribution is -0.140. The Balaban J connectivity index is 2.43. The van der Waals surface area contributed by atoms with Gasteiger partial charge in [-0.2, -0.15) is 5.26 Å². The number of nitrogens with zero attached hydrogens (tertiary/aromatic N) is 4. The summed E-state index contributed by atoms with van der Waals surface area (Å²) in [4.78, 5) is 43.6. The summed E-state index contributed by atoms with van der Waals surface area (Å²) >= 11 is 0. The molecule has 1 aliphatic heterocycles. The number of carbonyl (C=O) groups excluding carboxylic acids is 2. The predicted octanol–water partition coefficient (Wildman–Crippen LogP) is 4.19. The number of amides is 2. The lowest BCUT2D eigenvalue weighted by Crippen LogP contribution is -2.43. The van der Waals surface area contributed by atoms with E-state index < -0.39 is 23.3 Å². The highest BCUT2D eigenvalue weighted by molar-refractivity contribution is 6.18. The average molecular weight is 537 g/mol. The van der Waals surface area contributed by atoms with E-state index in [0.717, 1.165) is 9.47 Å². The number of aromatic hydroxyl groups is 1. The number of allylic oxidation sites excluding steroid dienone is 2. The third-order valence-corrected chi connectivity index (χ3v) is 6.12. The van der Waals surface area contributed by atoms with Crippen LogP contribution >= 0.6 is 0 Å². The van der Waals surface area contributed by atoms with E-state index in [9.17, 15) is 24.8 Å². The lowest BCUT2D eigenvalue weighted by Gasteiger charge is -2.27. The minimum atomic E-state index is -0.647. The Kier molecular flexibility index (Phi) is 11.4. The minimum absolute atomic E-state index is 0.0137. The molecule has 10 nitrogen and oxygen atoms in total. The number of pyridine rings is 1. The number of imide groups is 1. The predicted molar refractivity (Wildman–Crippen MR) is 147 cm³/mol. The number of carbonyl (C=O) groups is 2. The van der Waals surface area contributed by atoms with Crippen molar-refractivity contribution in [1.82, 2.24) is 9.47 Å². The number of hydrogen-bond acceptors (Lipinski definition) is 7. The van der Waals surface area contributed by atoms with Crippen LogP contribution in [0.15, 0.2) is 33.7 Å². The molecule has 2 rings (SSSR count). The number of aromatic nitrogens is 1. The van der Waals surface area contributed by atoms with Crippen molar-refractivity contribution in [2.45, 2.75) is 73.1 Å². The quantitative estimate of drug-likeness (QED) is 0.184. The molecule has 1 aromatic heterocycles. The second kappa shape index (κ2) is 14.2. The Morgan fingerprint density at radius 2 is 1.62 bits per heavy atom. The maximum absolute atomic E-state index is 13.2. The van der Waals surface area contributed by atoms with Crippen LogP contribution in [0, 0.1) is 24.8 Å². The molecular formula is C29H36N4O6. The van der Waals surface area contributed by atoms with E-state index in [1.54, 1.807) is 6.92 Å². The molecule has 0 aliphatic carbocycles. The van der Waals surface area contributed by atoms with E-state index in [1.807, 2.05) is 33.8 Å². The molecule has 1 aromatic rings. The Morgan fingerprint density at radius 3 is 2.15 bits per heavy atom. The van der Waals surface area contributed by atoms with Crippen molar-refractivity contribution in [3.05, 3.63) is 61.8 Å². The van der Waals surface area contributed by atoms with Crippen molar-refractivity contribution in [3.63, 3.8) is 0 Å². The zero-order valence-corrected chi connectivity index (χ0v) is 23.4. The molecule has 208 valence electrons. The first kappa shape index (κ1) is 31.2. The van der Waals surface area contributed by atoms with Crippen LogP contribution in [0.5, 0.6) is 5.88 Å². The zero-order valence-electron chi connectivity index (χ0n) is 23.4. The van der Waals surface area contributed by atoms with Gasteiger partial charge in [-0.15, -0.1) is 0 Å². The summed E-state index contributed by atoms with van der Waals surface area (Å²) in [7, 11) is 0. The Bertz CT molecular complexity index is 1340. The summed E-state index contributed by atoms with van der Waals surface area (Å²) in [5, 5.41) is 20.1. The van der Waals surface area contributed by atoms with Gasteiger partial charge in [-0.25, -0.2) is 4.85 Å².